The lowest BCUT2D eigenvalue weighted by molar-refractivity contribution is 0.702. The molecule has 1 aromatic heterocycles. The van der Waals surface area contributed by atoms with Crippen molar-refractivity contribution in [2.45, 2.75) is 25.2 Å². The number of hydrogen-bond acceptors (Lipinski definition) is 1. The molecule has 1 fully saturated rings. The summed E-state index contributed by atoms with van der Waals surface area (Å²) < 4.78 is 0. The second-order valence-corrected chi connectivity index (χ2v) is 5.43. The van der Waals surface area contributed by atoms with E-state index in [0.29, 0.717) is 5.15 Å². The van der Waals surface area contributed by atoms with E-state index in [2.05, 4.69) is 41.4 Å². The van der Waals surface area contributed by atoms with Crippen LogP contribution in [0.25, 0.3) is 0 Å². The lowest BCUT2D eigenvalue weighted by Crippen LogP contribution is -1.90. The number of aromatic nitrogens is 1. The molecule has 18 heavy (non-hydrogen) atoms. The number of nitrogens with zero attached hydrogens (tertiary/aromatic N) is 1. The van der Waals surface area contributed by atoms with Gasteiger partial charge in [0.05, 0.1) is 0 Å². The van der Waals surface area contributed by atoms with Crippen LogP contribution in [0.2, 0.25) is 5.15 Å². The highest BCUT2D eigenvalue weighted by Crippen LogP contribution is 2.49. The van der Waals surface area contributed by atoms with E-state index < -0.39 is 0 Å². The quantitative estimate of drug-likeness (QED) is 0.737. The van der Waals surface area contributed by atoms with Gasteiger partial charge in [-0.25, -0.2) is 4.98 Å². The molecular formula is C16H16ClN. The standard InChI is InChI=1S/C16H16ClN/c17-16-9-7-12(11-18-16)6-8-14-10-15(14)13-4-2-1-3-5-13/h1-5,7,9,11,14-15H,6,8,10H2/t14-,15?/m0/s1. The molecule has 1 saturated carbocycles. The topological polar surface area (TPSA) is 12.9 Å². The van der Waals surface area contributed by atoms with E-state index in [1.165, 1.54) is 24.0 Å². The van der Waals surface area contributed by atoms with Crippen LogP contribution in [0.3, 0.4) is 0 Å². The van der Waals surface area contributed by atoms with Crippen LogP contribution in [0, 0.1) is 5.92 Å². The van der Waals surface area contributed by atoms with Crippen molar-refractivity contribution in [1.82, 2.24) is 4.98 Å². The molecule has 1 unspecified atom stereocenters. The Balaban J connectivity index is 1.53. The average Bonchev–Trinajstić information content (AvgIpc) is 3.19. The summed E-state index contributed by atoms with van der Waals surface area (Å²) >= 11 is 5.78. The second kappa shape index (κ2) is 5.11. The van der Waals surface area contributed by atoms with Crippen molar-refractivity contribution in [2.24, 2.45) is 5.92 Å². The second-order valence-electron chi connectivity index (χ2n) is 5.04. The van der Waals surface area contributed by atoms with Crippen LogP contribution in [-0.4, -0.2) is 4.98 Å². The van der Waals surface area contributed by atoms with Crippen LogP contribution < -0.4 is 0 Å². The Kier molecular flexibility index (Phi) is 3.33. The molecule has 0 aliphatic heterocycles. The first-order chi connectivity index (χ1) is 8.83. The predicted molar refractivity (Wildman–Crippen MR) is 74.9 cm³/mol. The van der Waals surface area contributed by atoms with E-state index in [9.17, 15) is 0 Å². The molecule has 2 heteroatoms. The summed E-state index contributed by atoms with van der Waals surface area (Å²) in [7, 11) is 0. The van der Waals surface area contributed by atoms with Crippen LogP contribution >= 0.6 is 11.6 Å². The third-order valence-electron chi connectivity index (χ3n) is 3.74. The van der Waals surface area contributed by atoms with E-state index in [-0.39, 0.29) is 0 Å². The molecule has 2 aromatic rings. The summed E-state index contributed by atoms with van der Waals surface area (Å²) in [6, 6.07) is 14.8. The third-order valence-corrected chi connectivity index (χ3v) is 3.97. The van der Waals surface area contributed by atoms with Gasteiger partial charge in [-0.2, -0.15) is 0 Å². The minimum Gasteiger partial charge on any atom is -0.244 e. The summed E-state index contributed by atoms with van der Waals surface area (Å²) in [4.78, 5) is 4.12. The van der Waals surface area contributed by atoms with Gasteiger partial charge in [-0.1, -0.05) is 48.0 Å². The summed E-state index contributed by atoms with van der Waals surface area (Å²) in [5.74, 6) is 1.63. The third kappa shape index (κ3) is 2.73. The normalized spacial score (nSPS) is 21.8. The van der Waals surface area contributed by atoms with Crippen LogP contribution in [0.1, 0.15) is 29.9 Å². The fraction of sp³-hybridized carbons (Fsp3) is 0.312. The number of hydrogen-bond donors (Lipinski definition) is 0. The average molecular weight is 258 g/mol. The van der Waals surface area contributed by atoms with Gasteiger partial charge >= 0.3 is 0 Å². The van der Waals surface area contributed by atoms with Crippen molar-refractivity contribution in [3.8, 4) is 0 Å². The van der Waals surface area contributed by atoms with Gasteiger partial charge in [0, 0.05) is 6.20 Å². The van der Waals surface area contributed by atoms with Crippen molar-refractivity contribution < 1.29 is 0 Å². The van der Waals surface area contributed by atoms with Gasteiger partial charge in [0.15, 0.2) is 0 Å². The molecule has 1 aliphatic rings. The molecule has 1 aromatic carbocycles. The molecular weight excluding hydrogens is 242 g/mol. The van der Waals surface area contributed by atoms with Crippen LogP contribution in [0.15, 0.2) is 48.7 Å². The lowest BCUT2D eigenvalue weighted by Gasteiger charge is -2.02. The zero-order chi connectivity index (χ0) is 12.4. The molecule has 92 valence electrons. The Hall–Kier alpha value is -1.34. The molecule has 0 bridgehead atoms. The zero-order valence-electron chi connectivity index (χ0n) is 10.2. The Morgan fingerprint density at radius 1 is 1.11 bits per heavy atom. The van der Waals surface area contributed by atoms with Gasteiger partial charge in [-0.15, -0.1) is 0 Å². The summed E-state index contributed by atoms with van der Waals surface area (Å²) in [6.45, 7) is 0. The molecule has 0 radical (unpaired) electrons. The first-order valence-electron chi connectivity index (χ1n) is 6.48. The number of rotatable bonds is 4. The Morgan fingerprint density at radius 3 is 2.67 bits per heavy atom. The van der Waals surface area contributed by atoms with E-state index in [1.54, 1.807) is 0 Å². The Bertz CT molecular complexity index is 506. The van der Waals surface area contributed by atoms with Gasteiger partial charge in [-0.05, 0) is 48.3 Å². The minimum atomic E-state index is 0.576. The first-order valence-corrected chi connectivity index (χ1v) is 6.86. The van der Waals surface area contributed by atoms with Crippen LogP contribution in [-0.2, 0) is 6.42 Å². The fourth-order valence-corrected chi connectivity index (χ4v) is 2.69. The van der Waals surface area contributed by atoms with E-state index in [4.69, 9.17) is 11.6 Å². The highest BCUT2D eigenvalue weighted by Gasteiger charge is 2.37. The molecule has 1 aliphatic carbocycles. The van der Waals surface area contributed by atoms with Gasteiger partial charge in [-0.3, -0.25) is 0 Å². The molecule has 0 spiro atoms. The predicted octanol–water partition coefficient (Wildman–Crippen LogP) is 4.47. The molecule has 0 saturated heterocycles. The Morgan fingerprint density at radius 2 is 1.94 bits per heavy atom. The molecule has 3 rings (SSSR count). The van der Waals surface area contributed by atoms with Crippen LogP contribution in [0.4, 0.5) is 0 Å². The fourth-order valence-electron chi connectivity index (χ4n) is 2.58. The molecule has 1 heterocycles. The number of aryl methyl sites for hydroxylation is 1. The van der Waals surface area contributed by atoms with Crippen molar-refractivity contribution >= 4 is 11.6 Å². The highest BCUT2D eigenvalue weighted by atomic mass is 35.5. The van der Waals surface area contributed by atoms with E-state index in [1.807, 2.05) is 12.3 Å². The Labute approximate surface area is 113 Å². The van der Waals surface area contributed by atoms with Crippen molar-refractivity contribution in [2.75, 3.05) is 0 Å². The summed E-state index contributed by atoms with van der Waals surface area (Å²) in [5, 5.41) is 0.576. The number of halogens is 1. The maximum atomic E-state index is 5.78. The molecule has 1 nitrogen and oxygen atoms in total. The largest absolute Gasteiger partial charge is 0.244 e. The van der Waals surface area contributed by atoms with Crippen molar-refractivity contribution in [1.29, 1.82) is 0 Å². The molecule has 2 atom stereocenters. The maximum Gasteiger partial charge on any atom is 0.129 e. The maximum absolute atomic E-state index is 5.78. The zero-order valence-corrected chi connectivity index (χ0v) is 11.0. The number of benzene rings is 1. The monoisotopic (exact) mass is 257 g/mol. The van der Waals surface area contributed by atoms with E-state index >= 15 is 0 Å². The van der Waals surface area contributed by atoms with Gasteiger partial charge in [0.1, 0.15) is 5.15 Å². The SMILES string of the molecule is Clc1ccc(CC[C@H]2CC2c2ccccc2)cn1. The van der Waals surface area contributed by atoms with Gasteiger partial charge in [0.25, 0.3) is 0 Å². The van der Waals surface area contributed by atoms with Crippen molar-refractivity contribution in [3.05, 3.63) is 64.9 Å². The summed E-state index contributed by atoms with van der Waals surface area (Å²) in [5.41, 5.74) is 2.79. The smallest absolute Gasteiger partial charge is 0.129 e. The molecule has 0 amide bonds. The lowest BCUT2D eigenvalue weighted by atomic mass is 10.0. The van der Waals surface area contributed by atoms with Gasteiger partial charge in [0.2, 0.25) is 0 Å². The van der Waals surface area contributed by atoms with Crippen LogP contribution in [0.5, 0.6) is 0 Å². The summed E-state index contributed by atoms with van der Waals surface area (Å²) in [6.07, 6.45) is 5.59. The highest BCUT2D eigenvalue weighted by molar-refractivity contribution is 6.29. The number of pyridine rings is 1. The minimum absolute atomic E-state index is 0.576. The van der Waals surface area contributed by atoms with Crippen molar-refractivity contribution in [3.63, 3.8) is 0 Å². The van der Waals surface area contributed by atoms with Gasteiger partial charge < -0.3 is 0 Å². The molecule has 0 N–H and O–H groups in total. The van der Waals surface area contributed by atoms with E-state index in [0.717, 1.165) is 18.3 Å². The first kappa shape index (κ1) is 11.7.